The Hall–Kier alpha value is -7.88. The second kappa shape index (κ2) is 27.2. The number of aliphatic hydroxyl groups is 1. The number of halogens is 1. The molecule has 2 aliphatic rings. The van der Waals surface area contributed by atoms with Gasteiger partial charge >= 0.3 is 18.3 Å². The quantitative estimate of drug-likeness (QED) is 0.0450. The van der Waals surface area contributed by atoms with Gasteiger partial charge < -0.3 is 47.5 Å². The number of benzene rings is 6. The van der Waals surface area contributed by atoms with E-state index in [-0.39, 0.29) is 26.1 Å². The first-order valence-electron chi connectivity index (χ1n) is 27.6. The van der Waals surface area contributed by atoms with Crippen molar-refractivity contribution in [3.05, 3.63) is 256 Å². The summed E-state index contributed by atoms with van der Waals surface area (Å²) in [6.45, 7) is -0.978. The zero-order chi connectivity index (χ0) is 61.3. The van der Waals surface area contributed by atoms with Crippen molar-refractivity contribution in [3.63, 3.8) is 0 Å². The number of aromatic amines is 2. The van der Waals surface area contributed by atoms with Crippen molar-refractivity contribution in [3.8, 4) is 23.0 Å². The molecule has 0 spiro atoms. The average molecular weight is 1210 g/mol. The first-order valence-corrected chi connectivity index (χ1v) is 30.1. The van der Waals surface area contributed by atoms with Crippen molar-refractivity contribution in [1.82, 2.24) is 23.8 Å². The summed E-state index contributed by atoms with van der Waals surface area (Å²) in [6, 6.07) is 50.0. The molecule has 4 heterocycles. The second-order valence-electron chi connectivity index (χ2n) is 20.8. The smallest absolute Gasteiger partial charge is 0.362 e. The molecule has 452 valence electrons. The molecule has 2 aromatic heterocycles. The zero-order valence-corrected chi connectivity index (χ0v) is 50.4. The van der Waals surface area contributed by atoms with Crippen molar-refractivity contribution in [1.29, 1.82) is 0 Å². The molecule has 3 N–H and O–H groups in total. The van der Waals surface area contributed by atoms with Crippen LogP contribution in [-0.4, -0.2) is 109 Å². The molecular weight excluding hydrogens is 1150 g/mol. The van der Waals surface area contributed by atoms with E-state index in [0.29, 0.717) is 34.1 Å². The monoisotopic (exact) mass is 1210 g/mol. The number of aryl methyl sites for hydroxylation is 2. The van der Waals surface area contributed by atoms with Gasteiger partial charge in [0.05, 0.1) is 53.9 Å². The van der Waals surface area contributed by atoms with Crippen molar-refractivity contribution >= 4 is 18.1 Å². The molecule has 1 unspecified atom stereocenters. The van der Waals surface area contributed by atoms with Gasteiger partial charge in [-0.25, -0.2) is 14.3 Å². The van der Waals surface area contributed by atoms with Crippen molar-refractivity contribution in [2.75, 3.05) is 55.7 Å². The van der Waals surface area contributed by atoms with Gasteiger partial charge in [-0.05, 0) is 121 Å². The Balaban J connectivity index is 0.000000207. The van der Waals surface area contributed by atoms with Crippen molar-refractivity contribution in [2.24, 2.45) is 0 Å². The maximum atomic E-state index is 13.0. The van der Waals surface area contributed by atoms with Crippen LogP contribution >= 0.6 is 18.1 Å². The van der Waals surface area contributed by atoms with Crippen LogP contribution in [0.5, 0.6) is 23.0 Å². The minimum Gasteiger partial charge on any atom is -0.497 e. The molecule has 0 saturated carbocycles. The minimum absolute atomic E-state index is 0.189. The topological polar surface area (TPSA) is 233 Å². The number of methoxy groups -OCH3 is 4. The van der Waals surface area contributed by atoms with E-state index >= 15 is 0 Å². The third-order valence-electron chi connectivity index (χ3n) is 15.3. The van der Waals surface area contributed by atoms with Crippen LogP contribution in [0, 0.1) is 13.8 Å². The summed E-state index contributed by atoms with van der Waals surface area (Å²) >= 11 is 6.24. The van der Waals surface area contributed by atoms with Crippen LogP contribution < -0.4 is 41.4 Å². The number of nitrogens with one attached hydrogen (secondary N) is 2. The van der Waals surface area contributed by atoms with E-state index in [4.69, 9.17) is 53.7 Å². The molecule has 10 rings (SSSR count). The van der Waals surface area contributed by atoms with E-state index in [2.05, 4.69) is 9.97 Å². The number of rotatable bonds is 21. The molecule has 7 atom stereocenters. The van der Waals surface area contributed by atoms with Gasteiger partial charge in [-0.2, -0.15) is 0 Å². The van der Waals surface area contributed by atoms with Crippen LogP contribution in [0.1, 0.15) is 69.8 Å². The predicted octanol–water partition coefficient (Wildman–Crippen LogP) is 8.97. The van der Waals surface area contributed by atoms with Crippen LogP contribution in [0.4, 0.5) is 0 Å². The van der Waals surface area contributed by atoms with Crippen LogP contribution in [0.15, 0.2) is 189 Å². The van der Waals surface area contributed by atoms with Gasteiger partial charge in [-0.3, -0.25) is 33.3 Å². The highest BCUT2D eigenvalue weighted by Gasteiger charge is 2.49. The average Bonchev–Trinajstić information content (AvgIpc) is 1.39. The summed E-state index contributed by atoms with van der Waals surface area (Å²) in [5.74, 6) is 2.74. The number of aromatic nitrogens is 4. The first-order chi connectivity index (χ1) is 41.4. The lowest BCUT2D eigenvalue weighted by Gasteiger charge is -2.39. The Bertz CT molecular complexity index is 3750. The van der Waals surface area contributed by atoms with E-state index in [1.807, 2.05) is 158 Å². The summed E-state index contributed by atoms with van der Waals surface area (Å²) in [7, 11) is 9.53. The van der Waals surface area contributed by atoms with Gasteiger partial charge in [0.1, 0.15) is 58.9 Å². The van der Waals surface area contributed by atoms with E-state index in [0.717, 1.165) is 33.4 Å². The van der Waals surface area contributed by atoms with E-state index in [1.165, 1.54) is 26.2 Å². The molecule has 2 fully saturated rings. The van der Waals surface area contributed by atoms with E-state index < -0.39 is 77.4 Å². The molecule has 2 saturated heterocycles. The summed E-state index contributed by atoms with van der Waals surface area (Å²) < 4.78 is 71.3. The predicted molar refractivity (Wildman–Crippen MR) is 324 cm³/mol. The fourth-order valence-electron chi connectivity index (χ4n) is 10.7. The molecule has 2 aliphatic heterocycles. The van der Waals surface area contributed by atoms with Crippen LogP contribution in [0.25, 0.3) is 0 Å². The number of H-pyrrole nitrogens is 2. The van der Waals surface area contributed by atoms with E-state index in [1.54, 1.807) is 56.4 Å². The first kappa shape index (κ1) is 62.6. The summed E-state index contributed by atoms with van der Waals surface area (Å²) in [6.07, 6.45) is -1.12. The molecule has 20 nitrogen and oxygen atoms in total. The molecule has 22 heteroatoms. The Labute approximate surface area is 501 Å². The maximum absolute atomic E-state index is 13.0. The SMILES string of the molecule is COc1ccc(C(O[C@H]2C[C@H](n3cc(C)c(=O)[nH]c3=O)O[C@@H]2CO)(c2ccccc2)c2ccc(OC)cc2)cc1.COc1ccc(C(O[C@H]2C[C@H](n3cc(C)c(=O)[nH]c3=O)O[C@@H]2COP(=O)(Cl)N(C)C)(c2ccccc2)c2ccc(OC)cc2)cc1. The van der Waals surface area contributed by atoms with Crippen LogP contribution in [0.2, 0.25) is 0 Å². The second-order valence-corrected chi connectivity index (χ2v) is 24.0. The van der Waals surface area contributed by atoms with Gasteiger partial charge in [-0.1, -0.05) is 109 Å². The van der Waals surface area contributed by atoms with Crippen LogP contribution in [0.3, 0.4) is 0 Å². The fourth-order valence-corrected chi connectivity index (χ4v) is 11.4. The molecule has 86 heavy (non-hydrogen) atoms. The summed E-state index contributed by atoms with van der Waals surface area (Å²) in [5.41, 5.74) is 1.18. The van der Waals surface area contributed by atoms with Gasteiger partial charge in [-0.15, -0.1) is 0 Å². The third-order valence-corrected chi connectivity index (χ3v) is 18.0. The number of hydrogen-bond acceptors (Lipinski definition) is 15. The van der Waals surface area contributed by atoms with Crippen molar-refractivity contribution < 1.29 is 52.1 Å². The third kappa shape index (κ3) is 13.2. The highest BCUT2D eigenvalue weighted by Crippen LogP contribution is 2.55. The largest absolute Gasteiger partial charge is 0.497 e. The molecule has 0 radical (unpaired) electrons. The lowest BCUT2D eigenvalue weighted by Crippen LogP contribution is -2.41. The Kier molecular flexibility index (Phi) is 19.8. The molecule has 0 aliphatic carbocycles. The standard InChI is InChI=1S/C33H37ClN3O8P.C31H32N2O7/c1-22-20-37(32(39)35-31(22)38)30-19-28(29(44-30)21-43-46(34,40)36(2)3)45-33(23-9-7-6-8-10-23,24-11-15-26(41-4)16-12-24)25-13-17-27(42-5)18-14-25;1-20-18-33(30(36)32-29(20)35)28-17-26(27(19-34)39-28)40-31(21-7-5-4-6-8-21,22-9-13-24(37-2)14-10-22)23-11-15-25(38-3)16-12-23/h6-18,20,28-30H,19,21H2,1-5H3,(H,35,38,39);4-16,18,26-28,34H,17,19H2,1-3H3,(H,32,35,36)/t28-,29+,30+,46?;26-,27+,28+/m00/s1. The highest BCUT2D eigenvalue weighted by atomic mass is 35.7. The maximum Gasteiger partial charge on any atom is 0.362 e. The number of nitrogens with zero attached hydrogens (tertiary/aromatic N) is 3. The Morgan fingerprint density at radius 1 is 0.535 bits per heavy atom. The molecule has 0 bridgehead atoms. The van der Waals surface area contributed by atoms with E-state index in [9.17, 15) is 28.8 Å². The molecule has 6 aromatic carbocycles. The van der Waals surface area contributed by atoms with Gasteiger partial charge in [0.15, 0.2) is 0 Å². The number of ether oxygens (including phenoxy) is 8. The van der Waals surface area contributed by atoms with Crippen molar-refractivity contribution in [2.45, 2.75) is 74.8 Å². The van der Waals surface area contributed by atoms with Gasteiger partial charge in [0, 0.05) is 36.4 Å². The number of hydrogen-bond donors (Lipinski definition) is 3. The minimum atomic E-state index is -3.68. The molecular formula is C64H69ClN5O15P. The summed E-state index contributed by atoms with van der Waals surface area (Å²) in [4.78, 5) is 54.3. The van der Waals surface area contributed by atoms with Gasteiger partial charge in [0.2, 0.25) is 0 Å². The molecule has 0 amide bonds. The highest BCUT2D eigenvalue weighted by molar-refractivity contribution is 7.83. The zero-order valence-electron chi connectivity index (χ0n) is 48.8. The number of aliphatic hydroxyl groups excluding tert-OH is 1. The lowest BCUT2D eigenvalue weighted by atomic mass is 9.79. The Morgan fingerprint density at radius 2 is 0.849 bits per heavy atom. The normalized spacial score (nSPS) is 19.3. The fraction of sp³-hybridized carbons (Fsp3) is 0.312. The summed E-state index contributed by atoms with van der Waals surface area (Å²) in [5, 5.41) is 10.3. The lowest BCUT2D eigenvalue weighted by molar-refractivity contribution is -0.0994. The van der Waals surface area contributed by atoms with Crippen LogP contribution in [-0.2, 0) is 39.2 Å². The van der Waals surface area contributed by atoms with Gasteiger partial charge in [0.25, 0.3) is 11.1 Å². The molecule has 8 aromatic rings. The Morgan fingerprint density at radius 3 is 1.16 bits per heavy atom.